The highest BCUT2D eigenvalue weighted by atomic mass is 32.1. The van der Waals surface area contributed by atoms with Crippen molar-refractivity contribution < 1.29 is 0 Å². The van der Waals surface area contributed by atoms with E-state index in [1.807, 2.05) is 0 Å². The second kappa shape index (κ2) is 5.66. The monoisotopic (exact) mass is 225 g/mol. The molecule has 0 saturated carbocycles. The SMILES string of the molecule is CC(CCNC(C)(C)C)Cc1ccsc1. The molecule has 0 fully saturated rings. The molecule has 0 aliphatic heterocycles. The topological polar surface area (TPSA) is 12.0 Å². The van der Waals surface area contributed by atoms with Crippen molar-refractivity contribution in [3.8, 4) is 0 Å². The van der Waals surface area contributed by atoms with Crippen LogP contribution in [-0.4, -0.2) is 12.1 Å². The lowest BCUT2D eigenvalue weighted by Crippen LogP contribution is -2.37. The van der Waals surface area contributed by atoms with E-state index >= 15 is 0 Å². The molecule has 15 heavy (non-hydrogen) atoms. The van der Waals surface area contributed by atoms with Gasteiger partial charge in [-0.3, -0.25) is 0 Å². The van der Waals surface area contributed by atoms with Crippen LogP contribution in [0.2, 0.25) is 0 Å². The lowest BCUT2D eigenvalue weighted by Gasteiger charge is -2.21. The van der Waals surface area contributed by atoms with Gasteiger partial charge in [-0.2, -0.15) is 11.3 Å². The second-order valence-electron chi connectivity index (χ2n) is 5.41. The molecule has 2 heteroatoms. The highest BCUT2D eigenvalue weighted by Gasteiger charge is 2.09. The zero-order valence-electron chi connectivity index (χ0n) is 10.3. The summed E-state index contributed by atoms with van der Waals surface area (Å²) >= 11 is 1.79. The fraction of sp³-hybridized carbons (Fsp3) is 0.692. The maximum atomic E-state index is 3.53. The molecule has 0 bridgehead atoms. The Morgan fingerprint density at radius 1 is 1.40 bits per heavy atom. The summed E-state index contributed by atoms with van der Waals surface area (Å²) in [5.74, 6) is 0.773. The van der Waals surface area contributed by atoms with Crippen LogP contribution in [0.25, 0.3) is 0 Å². The number of nitrogens with one attached hydrogen (secondary N) is 1. The summed E-state index contributed by atoms with van der Waals surface area (Å²) < 4.78 is 0. The van der Waals surface area contributed by atoms with Gasteiger partial charge in [-0.25, -0.2) is 0 Å². The maximum absolute atomic E-state index is 3.53. The van der Waals surface area contributed by atoms with Gasteiger partial charge in [0, 0.05) is 5.54 Å². The molecule has 0 radical (unpaired) electrons. The van der Waals surface area contributed by atoms with E-state index in [0.29, 0.717) is 0 Å². The van der Waals surface area contributed by atoms with Gasteiger partial charge < -0.3 is 5.32 Å². The molecule has 1 unspecified atom stereocenters. The highest BCUT2D eigenvalue weighted by molar-refractivity contribution is 7.07. The van der Waals surface area contributed by atoms with Gasteiger partial charge in [0.15, 0.2) is 0 Å². The van der Waals surface area contributed by atoms with Crippen molar-refractivity contribution in [1.82, 2.24) is 5.32 Å². The maximum Gasteiger partial charge on any atom is 0.00965 e. The van der Waals surface area contributed by atoms with Crippen LogP contribution < -0.4 is 5.32 Å². The Labute approximate surface area is 97.9 Å². The lowest BCUT2D eigenvalue weighted by atomic mass is 9.99. The number of thiophene rings is 1. The van der Waals surface area contributed by atoms with Gasteiger partial charge in [-0.05, 0) is 68.5 Å². The summed E-state index contributed by atoms with van der Waals surface area (Å²) in [5.41, 5.74) is 1.74. The van der Waals surface area contributed by atoms with Gasteiger partial charge in [0.1, 0.15) is 0 Å². The molecule has 1 nitrogen and oxygen atoms in total. The largest absolute Gasteiger partial charge is 0.312 e. The molecule has 1 heterocycles. The summed E-state index contributed by atoms with van der Waals surface area (Å²) in [7, 11) is 0. The summed E-state index contributed by atoms with van der Waals surface area (Å²) in [5, 5.41) is 7.95. The van der Waals surface area contributed by atoms with Crippen molar-refractivity contribution in [3.63, 3.8) is 0 Å². The first-order chi connectivity index (χ1) is 6.97. The minimum absolute atomic E-state index is 0.252. The summed E-state index contributed by atoms with van der Waals surface area (Å²) in [6.07, 6.45) is 2.47. The molecule has 0 saturated heterocycles. The first-order valence-electron chi connectivity index (χ1n) is 5.73. The predicted molar refractivity (Wildman–Crippen MR) is 69.6 cm³/mol. The minimum Gasteiger partial charge on any atom is -0.312 e. The molecule has 1 rings (SSSR count). The predicted octanol–water partition coefficient (Wildman–Crippen LogP) is 3.70. The standard InChI is InChI=1S/C13H23NS/c1-11(5-7-14-13(2,3)4)9-12-6-8-15-10-12/h6,8,10-11,14H,5,7,9H2,1-4H3. The molecule has 86 valence electrons. The van der Waals surface area contributed by atoms with Crippen molar-refractivity contribution in [3.05, 3.63) is 22.4 Å². The van der Waals surface area contributed by atoms with E-state index in [0.717, 1.165) is 12.5 Å². The summed E-state index contributed by atoms with van der Waals surface area (Å²) in [4.78, 5) is 0. The van der Waals surface area contributed by atoms with E-state index in [2.05, 4.69) is 49.8 Å². The van der Waals surface area contributed by atoms with Crippen LogP contribution in [0.4, 0.5) is 0 Å². The number of hydrogen-bond donors (Lipinski definition) is 1. The first kappa shape index (κ1) is 12.7. The van der Waals surface area contributed by atoms with E-state index in [1.165, 1.54) is 18.4 Å². The first-order valence-corrected chi connectivity index (χ1v) is 6.68. The molecule has 0 aliphatic rings. The van der Waals surface area contributed by atoms with Crippen LogP contribution in [0.3, 0.4) is 0 Å². The molecule has 1 aromatic heterocycles. The van der Waals surface area contributed by atoms with Crippen LogP contribution in [0.15, 0.2) is 16.8 Å². The van der Waals surface area contributed by atoms with Crippen LogP contribution >= 0.6 is 11.3 Å². The molecular formula is C13H23NS. The molecule has 1 aromatic rings. The third-order valence-corrected chi connectivity index (χ3v) is 3.19. The number of rotatable bonds is 5. The van der Waals surface area contributed by atoms with Crippen LogP contribution in [-0.2, 0) is 6.42 Å². The van der Waals surface area contributed by atoms with Gasteiger partial charge in [0.05, 0.1) is 0 Å². The summed E-state index contributed by atoms with van der Waals surface area (Å²) in [6.45, 7) is 10.1. The van der Waals surface area contributed by atoms with Crippen molar-refractivity contribution in [2.24, 2.45) is 5.92 Å². The quantitative estimate of drug-likeness (QED) is 0.805. The summed E-state index contributed by atoms with van der Waals surface area (Å²) in [6, 6.07) is 2.23. The second-order valence-corrected chi connectivity index (χ2v) is 6.19. The van der Waals surface area contributed by atoms with E-state index in [9.17, 15) is 0 Å². The van der Waals surface area contributed by atoms with Crippen molar-refractivity contribution in [2.75, 3.05) is 6.54 Å². The Morgan fingerprint density at radius 3 is 2.67 bits per heavy atom. The normalized spacial score (nSPS) is 14.1. The minimum atomic E-state index is 0.252. The Morgan fingerprint density at radius 2 is 2.13 bits per heavy atom. The van der Waals surface area contributed by atoms with Gasteiger partial charge in [0.25, 0.3) is 0 Å². The lowest BCUT2D eigenvalue weighted by molar-refractivity contribution is 0.394. The molecule has 0 spiro atoms. The molecule has 0 amide bonds. The van der Waals surface area contributed by atoms with Gasteiger partial charge in [-0.1, -0.05) is 6.92 Å². The average molecular weight is 225 g/mol. The molecule has 1 N–H and O–H groups in total. The van der Waals surface area contributed by atoms with E-state index in [-0.39, 0.29) is 5.54 Å². The van der Waals surface area contributed by atoms with Crippen molar-refractivity contribution in [1.29, 1.82) is 0 Å². The fourth-order valence-electron chi connectivity index (χ4n) is 1.61. The average Bonchev–Trinajstić information content (AvgIpc) is 2.54. The molecule has 0 aliphatic carbocycles. The van der Waals surface area contributed by atoms with Crippen molar-refractivity contribution in [2.45, 2.75) is 46.1 Å². The Bertz CT molecular complexity index is 259. The van der Waals surface area contributed by atoms with Crippen molar-refractivity contribution >= 4 is 11.3 Å². The zero-order valence-corrected chi connectivity index (χ0v) is 11.2. The van der Waals surface area contributed by atoms with Gasteiger partial charge in [0.2, 0.25) is 0 Å². The highest BCUT2D eigenvalue weighted by Crippen LogP contribution is 2.14. The van der Waals surface area contributed by atoms with Crippen LogP contribution in [0, 0.1) is 5.92 Å². The van der Waals surface area contributed by atoms with Crippen LogP contribution in [0.5, 0.6) is 0 Å². The van der Waals surface area contributed by atoms with Gasteiger partial charge in [-0.15, -0.1) is 0 Å². The van der Waals surface area contributed by atoms with Gasteiger partial charge >= 0.3 is 0 Å². The smallest absolute Gasteiger partial charge is 0.00965 e. The molecular weight excluding hydrogens is 202 g/mol. The zero-order chi connectivity index (χ0) is 11.3. The van der Waals surface area contributed by atoms with E-state index in [1.54, 1.807) is 11.3 Å². The molecule has 1 atom stereocenters. The van der Waals surface area contributed by atoms with Crippen LogP contribution in [0.1, 0.15) is 39.7 Å². The number of hydrogen-bond acceptors (Lipinski definition) is 2. The molecule has 0 aromatic carbocycles. The fourth-order valence-corrected chi connectivity index (χ4v) is 2.29. The Hall–Kier alpha value is -0.340. The van der Waals surface area contributed by atoms with E-state index in [4.69, 9.17) is 0 Å². The Balaban J connectivity index is 2.17. The third-order valence-electron chi connectivity index (χ3n) is 2.46. The Kier molecular flexibility index (Phi) is 4.81. The third kappa shape index (κ3) is 5.95. The van der Waals surface area contributed by atoms with E-state index < -0.39 is 0 Å².